The maximum atomic E-state index is 12.7. The van der Waals surface area contributed by atoms with Crippen molar-refractivity contribution in [3.8, 4) is 0 Å². The fraction of sp³-hybridized carbons (Fsp3) is 0.154. The minimum absolute atomic E-state index is 0.205. The number of aryl methyl sites for hydroxylation is 1. The van der Waals surface area contributed by atoms with Gasteiger partial charge in [0.25, 0.3) is 0 Å². The van der Waals surface area contributed by atoms with Gasteiger partial charge in [0.2, 0.25) is 0 Å². The fourth-order valence-corrected chi connectivity index (χ4v) is 1.53. The first-order valence-electron chi connectivity index (χ1n) is 5.24. The minimum atomic E-state index is -4.43. The average molecular weight is 251 g/mol. The molecule has 1 aromatic heterocycles. The molecular weight excluding hydrogens is 241 g/mol. The number of rotatable bonds is 2. The predicted molar refractivity (Wildman–Crippen MR) is 62.5 cm³/mol. The van der Waals surface area contributed by atoms with Crippen molar-refractivity contribution >= 4 is 11.5 Å². The zero-order valence-electron chi connectivity index (χ0n) is 9.55. The second kappa shape index (κ2) is 4.68. The molecule has 1 heterocycles. The smallest absolute Gasteiger partial charge is 0.340 e. The fourth-order valence-electron chi connectivity index (χ4n) is 1.53. The molecule has 0 atom stereocenters. The molecule has 0 saturated carbocycles. The quantitative estimate of drug-likeness (QED) is 0.874. The first kappa shape index (κ1) is 12.4. The molecule has 0 unspecified atom stereocenters. The van der Waals surface area contributed by atoms with Gasteiger partial charge in [-0.25, -0.2) is 4.98 Å². The van der Waals surface area contributed by atoms with Gasteiger partial charge in [-0.2, -0.15) is 13.2 Å². The largest absolute Gasteiger partial charge is 0.419 e. The number of nitrogens with zero attached hydrogens (tertiary/aromatic N) is 1. The van der Waals surface area contributed by atoms with Crippen molar-refractivity contribution in [2.75, 3.05) is 5.32 Å². The van der Waals surface area contributed by atoms with Gasteiger partial charge >= 0.3 is 6.18 Å². The zero-order valence-corrected chi connectivity index (χ0v) is 9.55. The number of hydrogen-bond acceptors (Lipinski definition) is 2. The summed E-state index contributed by atoms with van der Waals surface area (Å²) in [4.78, 5) is 3.73. The van der Waals surface area contributed by atoms with Gasteiger partial charge in [-0.3, -0.25) is 0 Å². The van der Waals surface area contributed by atoms with Crippen LogP contribution in [0, 0.1) is 13.0 Å². The van der Waals surface area contributed by atoms with Gasteiger partial charge in [-0.1, -0.05) is 6.07 Å². The average Bonchev–Trinajstić information content (AvgIpc) is 2.28. The SMILES string of the molecule is Cc1c[c]cc(Nc2ncccc2C(F)(F)F)c1. The summed E-state index contributed by atoms with van der Waals surface area (Å²) < 4.78 is 38.2. The van der Waals surface area contributed by atoms with Crippen molar-refractivity contribution < 1.29 is 13.2 Å². The van der Waals surface area contributed by atoms with E-state index in [1.54, 1.807) is 18.2 Å². The van der Waals surface area contributed by atoms with E-state index in [9.17, 15) is 13.2 Å². The third kappa shape index (κ3) is 2.80. The summed E-state index contributed by atoms with van der Waals surface area (Å²) in [6, 6.07) is 10.1. The molecule has 0 fully saturated rings. The van der Waals surface area contributed by atoms with Crippen LogP contribution in [0.4, 0.5) is 24.7 Å². The van der Waals surface area contributed by atoms with Crippen molar-refractivity contribution in [2.45, 2.75) is 13.1 Å². The molecule has 2 aromatic rings. The van der Waals surface area contributed by atoms with E-state index in [4.69, 9.17) is 0 Å². The number of anilines is 2. The van der Waals surface area contributed by atoms with Crippen LogP contribution in [0.2, 0.25) is 0 Å². The van der Waals surface area contributed by atoms with E-state index >= 15 is 0 Å². The lowest BCUT2D eigenvalue weighted by atomic mass is 10.2. The normalized spacial score (nSPS) is 11.3. The van der Waals surface area contributed by atoms with Crippen LogP contribution in [0.1, 0.15) is 11.1 Å². The number of alkyl halides is 3. The van der Waals surface area contributed by atoms with Gasteiger partial charge in [0.1, 0.15) is 5.82 Å². The Morgan fingerprint density at radius 1 is 1.28 bits per heavy atom. The molecular formula is C13H10F3N2. The first-order chi connectivity index (χ1) is 8.47. The Morgan fingerprint density at radius 2 is 2.06 bits per heavy atom. The Bertz CT molecular complexity index is 550. The van der Waals surface area contributed by atoms with Gasteiger partial charge in [0.05, 0.1) is 5.56 Å². The first-order valence-corrected chi connectivity index (χ1v) is 5.24. The molecule has 93 valence electrons. The van der Waals surface area contributed by atoms with Gasteiger partial charge in [-0.15, -0.1) is 0 Å². The molecule has 2 nitrogen and oxygen atoms in total. The van der Waals surface area contributed by atoms with Gasteiger partial charge in [-0.05, 0) is 42.8 Å². The maximum Gasteiger partial charge on any atom is 0.419 e. The van der Waals surface area contributed by atoms with E-state index in [1.807, 2.05) is 6.92 Å². The number of pyridine rings is 1. The van der Waals surface area contributed by atoms with Crippen LogP contribution in [0.15, 0.2) is 36.5 Å². The Kier molecular flexibility index (Phi) is 3.23. The van der Waals surface area contributed by atoms with E-state index in [0.717, 1.165) is 11.6 Å². The summed E-state index contributed by atoms with van der Waals surface area (Å²) in [6.07, 6.45) is -3.11. The highest BCUT2D eigenvalue weighted by atomic mass is 19.4. The molecule has 0 bridgehead atoms. The standard InChI is InChI=1S/C13H10F3N2/c1-9-4-2-5-10(8-9)18-12-11(13(14,15)16)6-3-7-17-12/h3-8H,1H3,(H,17,18). The van der Waals surface area contributed by atoms with Crippen molar-refractivity contribution in [2.24, 2.45) is 0 Å². The molecule has 0 spiro atoms. The van der Waals surface area contributed by atoms with Crippen LogP contribution in [0.5, 0.6) is 0 Å². The lowest BCUT2D eigenvalue weighted by Crippen LogP contribution is -2.09. The van der Waals surface area contributed by atoms with E-state index < -0.39 is 11.7 Å². The Balaban J connectivity index is 2.35. The molecule has 1 aromatic carbocycles. The molecule has 5 heteroatoms. The second-order valence-corrected chi connectivity index (χ2v) is 3.82. The van der Waals surface area contributed by atoms with Crippen molar-refractivity contribution in [3.05, 3.63) is 53.7 Å². The molecule has 0 amide bonds. The number of nitrogens with one attached hydrogen (secondary N) is 1. The summed E-state index contributed by atoms with van der Waals surface area (Å²) in [7, 11) is 0. The summed E-state index contributed by atoms with van der Waals surface area (Å²) >= 11 is 0. The van der Waals surface area contributed by atoms with E-state index in [1.165, 1.54) is 12.3 Å². The minimum Gasteiger partial charge on any atom is -0.340 e. The highest BCUT2D eigenvalue weighted by molar-refractivity contribution is 5.60. The van der Waals surface area contributed by atoms with Crippen molar-refractivity contribution in [1.82, 2.24) is 4.98 Å². The van der Waals surface area contributed by atoms with Gasteiger partial charge < -0.3 is 5.32 Å². The van der Waals surface area contributed by atoms with Crippen molar-refractivity contribution in [1.29, 1.82) is 0 Å². The Morgan fingerprint density at radius 3 is 2.72 bits per heavy atom. The highest BCUT2D eigenvalue weighted by Gasteiger charge is 2.34. The number of benzene rings is 1. The molecule has 0 aliphatic rings. The number of hydrogen-bond donors (Lipinski definition) is 1. The van der Waals surface area contributed by atoms with Crippen LogP contribution in [0.25, 0.3) is 0 Å². The lowest BCUT2D eigenvalue weighted by Gasteiger charge is -2.13. The second-order valence-electron chi connectivity index (χ2n) is 3.82. The molecule has 0 aliphatic carbocycles. The Hall–Kier alpha value is -2.04. The number of aromatic nitrogens is 1. The number of halogens is 3. The van der Waals surface area contributed by atoms with E-state index in [-0.39, 0.29) is 5.82 Å². The summed E-state index contributed by atoms with van der Waals surface area (Å²) in [5.74, 6) is -0.205. The van der Waals surface area contributed by atoms with Crippen LogP contribution < -0.4 is 5.32 Å². The molecule has 2 rings (SSSR count). The summed E-state index contributed by atoms with van der Waals surface area (Å²) in [6.45, 7) is 1.84. The van der Waals surface area contributed by atoms with Crippen LogP contribution in [-0.4, -0.2) is 4.98 Å². The molecule has 1 radical (unpaired) electrons. The van der Waals surface area contributed by atoms with Crippen molar-refractivity contribution in [3.63, 3.8) is 0 Å². The van der Waals surface area contributed by atoms with Gasteiger partial charge in [0, 0.05) is 11.9 Å². The van der Waals surface area contributed by atoms with Crippen LogP contribution >= 0.6 is 0 Å². The monoisotopic (exact) mass is 251 g/mol. The zero-order chi connectivity index (χ0) is 13.2. The van der Waals surface area contributed by atoms with Gasteiger partial charge in [0.15, 0.2) is 0 Å². The van der Waals surface area contributed by atoms with E-state index in [0.29, 0.717) is 5.69 Å². The Labute approximate surface area is 102 Å². The third-order valence-corrected chi connectivity index (χ3v) is 2.31. The molecule has 0 aliphatic heterocycles. The molecule has 0 saturated heterocycles. The van der Waals surface area contributed by atoms with Crippen LogP contribution in [-0.2, 0) is 6.18 Å². The third-order valence-electron chi connectivity index (χ3n) is 2.31. The summed E-state index contributed by atoms with van der Waals surface area (Å²) in [5, 5.41) is 2.66. The summed E-state index contributed by atoms with van der Waals surface area (Å²) in [5.41, 5.74) is 0.648. The highest BCUT2D eigenvalue weighted by Crippen LogP contribution is 2.34. The maximum absolute atomic E-state index is 12.7. The predicted octanol–water partition coefficient (Wildman–Crippen LogP) is 3.95. The molecule has 18 heavy (non-hydrogen) atoms. The lowest BCUT2D eigenvalue weighted by molar-refractivity contribution is -0.137. The van der Waals surface area contributed by atoms with E-state index in [2.05, 4.69) is 16.4 Å². The van der Waals surface area contributed by atoms with Crippen LogP contribution in [0.3, 0.4) is 0 Å². The molecule has 1 N–H and O–H groups in total. The topological polar surface area (TPSA) is 24.9 Å².